The van der Waals surface area contributed by atoms with Gasteiger partial charge in [0.2, 0.25) is 0 Å². The molecular weight excluding hydrogens is 234 g/mol. The van der Waals surface area contributed by atoms with Crippen molar-refractivity contribution in [2.45, 2.75) is 44.9 Å². The zero-order valence-electron chi connectivity index (χ0n) is 11.5. The first-order valence-corrected chi connectivity index (χ1v) is 7.16. The molecular formula is C16H21N3. The molecule has 1 aliphatic carbocycles. The smallest absolute Gasteiger partial charge is 0.127 e. The number of benzene rings is 1. The number of nitrogen functional groups attached to an aromatic ring is 1. The summed E-state index contributed by atoms with van der Waals surface area (Å²) in [6, 6.07) is 10.4. The maximum absolute atomic E-state index is 6.13. The van der Waals surface area contributed by atoms with E-state index in [4.69, 9.17) is 10.8 Å². The lowest BCUT2D eigenvalue weighted by atomic mass is 9.87. The first-order valence-electron chi connectivity index (χ1n) is 7.16. The van der Waals surface area contributed by atoms with Gasteiger partial charge in [-0.1, -0.05) is 31.4 Å². The number of nitrogens with zero attached hydrogens (tertiary/aromatic N) is 2. The van der Waals surface area contributed by atoms with E-state index in [0.29, 0.717) is 5.92 Å². The van der Waals surface area contributed by atoms with Crippen LogP contribution >= 0.6 is 0 Å². The number of hydrogen-bond donors (Lipinski definition) is 1. The molecule has 0 saturated heterocycles. The molecule has 100 valence electrons. The molecule has 1 aliphatic rings. The molecule has 3 nitrogen and oxygen atoms in total. The van der Waals surface area contributed by atoms with Crippen molar-refractivity contribution < 1.29 is 0 Å². The predicted molar refractivity (Wildman–Crippen MR) is 78.5 cm³/mol. The van der Waals surface area contributed by atoms with Crippen molar-refractivity contribution in [2.24, 2.45) is 0 Å². The summed E-state index contributed by atoms with van der Waals surface area (Å²) in [6.07, 6.45) is 6.52. The standard InChI is InChI=1S/C16H21N3/c1-12-6-5-9-14(10-12)19-16(17)11-15(18-19)13-7-3-2-4-8-13/h5-6,9-11,13H,2-4,7-8,17H2,1H3. The average molecular weight is 255 g/mol. The number of aryl methyl sites for hydroxylation is 1. The summed E-state index contributed by atoms with van der Waals surface area (Å²) in [4.78, 5) is 0. The van der Waals surface area contributed by atoms with Crippen molar-refractivity contribution in [1.82, 2.24) is 9.78 Å². The molecule has 2 N–H and O–H groups in total. The van der Waals surface area contributed by atoms with Crippen LogP contribution in [-0.4, -0.2) is 9.78 Å². The van der Waals surface area contributed by atoms with Crippen LogP contribution in [0.25, 0.3) is 5.69 Å². The third kappa shape index (κ3) is 2.50. The Morgan fingerprint density at radius 2 is 1.95 bits per heavy atom. The zero-order valence-corrected chi connectivity index (χ0v) is 11.5. The summed E-state index contributed by atoms with van der Waals surface area (Å²) >= 11 is 0. The van der Waals surface area contributed by atoms with Crippen LogP contribution < -0.4 is 5.73 Å². The van der Waals surface area contributed by atoms with Gasteiger partial charge in [-0.3, -0.25) is 0 Å². The minimum absolute atomic E-state index is 0.599. The molecule has 3 rings (SSSR count). The number of rotatable bonds is 2. The van der Waals surface area contributed by atoms with Crippen molar-refractivity contribution in [2.75, 3.05) is 5.73 Å². The van der Waals surface area contributed by atoms with Crippen LogP contribution in [0.15, 0.2) is 30.3 Å². The van der Waals surface area contributed by atoms with Crippen LogP contribution in [0.2, 0.25) is 0 Å². The highest BCUT2D eigenvalue weighted by molar-refractivity contribution is 5.44. The monoisotopic (exact) mass is 255 g/mol. The Labute approximate surface area is 114 Å². The Balaban J connectivity index is 1.92. The van der Waals surface area contributed by atoms with Gasteiger partial charge in [0.05, 0.1) is 11.4 Å². The van der Waals surface area contributed by atoms with Crippen molar-refractivity contribution in [3.05, 3.63) is 41.6 Å². The van der Waals surface area contributed by atoms with E-state index in [0.717, 1.165) is 11.5 Å². The van der Waals surface area contributed by atoms with E-state index >= 15 is 0 Å². The molecule has 19 heavy (non-hydrogen) atoms. The van der Waals surface area contributed by atoms with E-state index < -0.39 is 0 Å². The van der Waals surface area contributed by atoms with Crippen LogP contribution in [0.4, 0.5) is 5.82 Å². The Bertz CT molecular complexity index is 565. The van der Waals surface area contributed by atoms with Gasteiger partial charge in [-0.15, -0.1) is 0 Å². The molecule has 1 aromatic carbocycles. The average Bonchev–Trinajstić information content (AvgIpc) is 2.82. The minimum atomic E-state index is 0.599. The van der Waals surface area contributed by atoms with Crippen LogP contribution in [0.1, 0.15) is 49.3 Å². The number of hydrogen-bond acceptors (Lipinski definition) is 2. The molecule has 0 aliphatic heterocycles. The van der Waals surface area contributed by atoms with Crippen molar-refractivity contribution in [3.8, 4) is 5.69 Å². The van der Waals surface area contributed by atoms with Gasteiger partial charge in [-0.05, 0) is 37.5 Å². The minimum Gasteiger partial charge on any atom is -0.384 e. The molecule has 0 amide bonds. The van der Waals surface area contributed by atoms with E-state index in [1.165, 1.54) is 43.4 Å². The fourth-order valence-electron chi connectivity index (χ4n) is 2.98. The number of anilines is 1. The maximum Gasteiger partial charge on any atom is 0.127 e. The van der Waals surface area contributed by atoms with E-state index in [9.17, 15) is 0 Å². The molecule has 0 spiro atoms. The quantitative estimate of drug-likeness (QED) is 0.886. The van der Waals surface area contributed by atoms with Gasteiger partial charge in [-0.25, -0.2) is 4.68 Å². The van der Waals surface area contributed by atoms with Gasteiger partial charge in [0.1, 0.15) is 5.82 Å². The second kappa shape index (κ2) is 5.08. The fraction of sp³-hybridized carbons (Fsp3) is 0.438. The first kappa shape index (κ1) is 12.3. The highest BCUT2D eigenvalue weighted by atomic mass is 15.3. The molecule has 2 aromatic rings. The van der Waals surface area contributed by atoms with E-state index in [1.807, 2.05) is 10.7 Å². The lowest BCUT2D eigenvalue weighted by Crippen LogP contribution is -2.06. The lowest BCUT2D eigenvalue weighted by molar-refractivity contribution is 0.435. The third-order valence-electron chi connectivity index (χ3n) is 4.03. The predicted octanol–water partition coefficient (Wildman–Crippen LogP) is 3.81. The maximum atomic E-state index is 6.13. The Morgan fingerprint density at radius 1 is 1.16 bits per heavy atom. The number of aromatic nitrogens is 2. The molecule has 0 radical (unpaired) electrons. The molecule has 0 atom stereocenters. The summed E-state index contributed by atoms with van der Waals surface area (Å²) in [5, 5.41) is 4.74. The Morgan fingerprint density at radius 3 is 2.68 bits per heavy atom. The Kier molecular flexibility index (Phi) is 3.28. The molecule has 1 fully saturated rings. The fourth-order valence-corrected chi connectivity index (χ4v) is 2.98. The molecule has 1 aromatic heterocycles. The lowest BCUT2D eigenvalue weighted by Gasteiger charge is -2.19. The van der Waals surface area contributed by atoms with E-state index in [2.05, 4.69) is 31.2 Å². The van der Waals surface area contributed by atoms with Crippen LogP contribution in [-0.2, 0) is 0 Å². The molecule has 0 bridgehead atoms. The first-order chi connectivity index (χ1) is 9.24. The number of nitrogens with two attached hydrogens (primary N) is 1. The summed E-state index contributed by atoms with van der Waals surface area (Å²) in [5.41, 5.74) is 9.58. The summed E-state index contributed by atoms with van der Waals surface area (Å²) in [6.45, 7) is 2.09. The largest absolute Gasteiger partial charge is 0.384 e. The van der Waals surface area contributed by atoms with Crippen LogP contribution in [0.3, 0.4) is 0 Å². The van der Waals surface area contributed by atoms with Crippen molar-refractivity contribution in [3.63, 3.8) is 0 Å². The second-order valence-corrected chi connectivity index (χ2v) is 5.58. The van der Waals surface area contributed by atoms with Gasteiger partial charge in [0, 0.05) is 12.0 Å². The Hall–Kier alpha value is -1.77. The van der Waals surface area contributed by atoms with Gasteiger partial charge in [0.15, 0.2) is 0 Å². The molecule has 1 saturated carbocycles. The van der Waals surface area contributed by atoms with Crippen LogP contribution in [0.5, 0.6) is 0 Å². The highest BCUT2D eigenvalue weighted by Gasteiger charge is 2.19. The molecule has 3 heteroatoms. The van der Waals surface area contributed by atoms with Crippen molar-refractivity contribution >= 4 is 5.82 Å². The summed E-state index contributed by atoms with van der Waals surface area (Å²) in [5.74, 6) is 1.34. The van der Waals surface area contributed by atoms with Crippen molar-refractivity contribution in [1.29, 1.82) is 0 Å². The topological polar surface area (TPSA) is 43.8 Å². The summed E-state index contributed by atoms with van der Waals surface area (Å²) in [7, 11) is 0. The molecule has 0 unspecified atom stereocenters. The van der Waals surface area contributed by atoms with E-state index in [1.54, 1.807) is 0 Å². The normalized spacial score (nSPS) is 16.7. The molecule has 1 heterocycles. The van der Waals surface area contributed by atoms with Crippen LogP contribution in [0, 0.1) is 6.92 Å². The van der Waals surface area contributed by atoms with Gasteiger partial charge < -0.3 is 5.73 Å². The summed E-state index contributed by atoms with van der Waals surface area (Å²) < 4.78 is 1.87. The van der Waals surface area contributed by atoms with Gasteiger partial charge >= 0.3 is 0 Å². The second-order valence-electron chi connectivity index (χ2n) is 5.58. The van der Waals surface area contributed by atoms with Gasteiger partial charge in [0.25, 0.3) is 0 Å². The third-order valence-corrected chi connectivity index (χ3v) is 4.03. The van der Waals surface area contributed by atoms with Gasteiger partial charge in [-0.2, -0.15) is 5.10 Å². The zero-order chi connectivity index (χ0) is 13.2. The highest BCUT2D eigenvalue weighted by Crippen LogP contribution is 2.33. The van der Waals surface area contributed by atoms with E-state index in [-0.39, 0.29) is 0 Å². The SMILES string of the molecule is Cc1cccc(-n2nc(C3CCCCC3)cc2N)c1.